The van der Waals surface area contributed by atoms with Crippen molar-refractivity contribution < 1.29 is 0 Å². The molecule has 122 valence electrons. The number of hydrogen-bond acceptors (Lipinski definition) is 2. The Balaban J connectivity index is 1.74. The first-order chi connectivity index (χ1) is 10.3. The molecule has 2 aliphatic carbocycles. The van der Waals surface area contributed by atoms with Crippen LogP contribution in [0.25, 0.3) is 0 Å². The number of piperidine rings is 1. The van der Waals surface area contributed by atoms with Gasteiger partial charge >= 0.3 is 0 Å². The predicted molar refractivity (Wildman–Crippen MR) is 90.7 cm³/mol. The Morgan fingerprint density at radius 2 is 1.62 bits per heavy atom. The summed E-state index contributed by atoms with van der Waals surface area (Å²) in [6.45, 7) is 6.19. The lowest BCUT2D eigenvalue weighted by molar-refractivity contribution is 0.0294. The van der Waals surface area contributed by atoms with E-state index in [2.05, 4.69) is 17.1 Å². The van der Waals surface area contributed by atoms with Gasteiger partial charge in [0.25, 0.3) is 0 Å². The Labute approximate surface area is 132 Å². The Morgan fingerprint density at radius 3 is 2.24 bits per heavy atom. The molecule has 3 aliphatic rings. The van der Waals surface area contributed by atoms with Gasteiger partial charge in [-0.15, -0.1) is 0 Å². The van der Waals surface area contributed by atoms with Crippen molar-refractivity contribution in [1.29, 1.82) is 0 Å². The van der Waals surface area contributed by atoms with E-state index in [0.29, 0.717) is 5.54 Å². The van der Waals surface area contributed by atoms with Crippen LogP contribution in [0.15, 0.2) is 0 Å². The molecule has 1 aliphatic heterocycles. The molecule has 1 unspecified atom stereocenters. The maximum Gasteiger partial charge on any atom is 0.0362 e. The van der Waals surface area contributed by atoms with Crippen LogP contribution < -0.4 is 5.32 Å². The topological polar surface area (TPSA) is 15.3 Å². The fraction of sp³-hybridized carbons (Fsp3) is 1.00. The Bertz CT molecular complexity index is 297. The standard InChI is InChI=1S/C19H36N2/c1-2-20-18(16-17-10-4-5-11-17)19(12-6-7-13-19)21-14-8-3-9-15-21/h17-18,20H,2-16H2,1H3. The van der Waals surface area contributed by atoms with Gasteiger partial charge in [-0.1, -0.05) is 51.9 Å². The van der Waals surface area contributed by atoms with Gasteiger partial charge in [-0.2, -0.15) is 0 Å². The summed E-state index contributed by atoms with van der Waals surface area (Å²) in [7, 11) is 0. The van der Waals surface area contributed by atoms with Crippen molar-refractivity contribution in [3.8, 4) is 0 Å². The molecule has 0 aromatic heterocycles. The molecule has 1 saturated heterocycles. The van der Waals surface area contributed by atoms with Gasteiger partial charge < -0.3 is 5.32 Å². The van der Waals surface area contributed by atoms with Gasteiger partial charge in [0.1, 0.15) is 0 Å². The fourth-order valence-electron chi connectivity index (χ4n) is 5.53. The van der Waals surface area contributed by atoms with Crippen LogP contribution in [0.1, 0.15) is 84.0 Å². The van der Waals surface area contributed by atoms with Crippen LogP contribution in [-0.2, 0) is 0 Å². The highest BCUT2D eigenvalue weighted by molar-refractivity contribution is 5.04. The summed E-state index contributed by atoms with van der Waals surface area (Å²) in [6, 6.07) is 0.756. The summed E-state index contributed by atoms with van der Waals surface area (Å²) in [5.74, 6) is 1.01. The number of rotatable bonds is 6. The first-order valence-electron chi connectivity index (χ1n) is 9.83. The molecule has 2 heteroatoms. The lowest BCUT2D eigenvalue weighted by Gasteiger charge is -2.49. The highest BCUT2D eigenvalue weighted by atomic mass is 15.2. The number of likely N-dealkylation sites (N-methyl/N-ethyl adjacent to an activating group) is 1. The number of likely N-dealkylation sites (tertiary alicyclic amines) is 1. The summed E-state index contributed by atoms with van der Waals surface area (Å²) in [5, 5.41) is 3.95. The van der Waals surface area contributed by atoms with E-state index in [0.717, 1.165) is 18.5 Å². The van der Waals surface area contributed by atoms with Crippen molar-refractivity contribution in [2.45, 2.75) is 95.6 Å². The summed E-state index contributed by atoms with van der Waals surface area (Å²) >= 11 is 0. The molecule has 1 N–H and O–H groups in total. The van der Waals surface area contributed by atoms with Gasteiger partial charge in [0.2, 0.25) is 0 Å². The molecule has 21 heavy (non-hydrogen) atoms. The van der Waals surface area contributed by atoms with E-state index in [4.69, 9.17) is 0 Å². The van der Waals surface area contributed by atoms with Crippen LogP contribution in [0.4, 0.5) is 0 Å². The van der Waals surface area contributed by atoms with Crippen LogP contribution in [-0.4, -0.2) is 36.1 Å². The maximum absolute atomic E-state index is 3.95. The van der Waals surface area contributed by atoms with Gasteiger partial charge in [-0.3, -0.25) is 4.90 Å². The number of nitrogens with one attached hydrogen (secondary N) is 1. The first-order valence-corrected chi connectivity index (χ1v) is 9.83. The molecule has 2 saturated carbocycles. The van der Waals surface area contributed by atoms with E-state index in [-0.39, 0.29) is 0 Å². The minimum atomic E-state index is 0.513. The van der Waals surface area contributed by atoms with Crippen molar-refractivity contribution in [1.82, 2.24) is 10.2 Å². The third-order valence-corrected chi connectivity index (χ3v) is 6.60. The van der Waals surface area contributed by atoms with Gasteiger partial charge in [0.05, 0.1) is 0 Å². The normalized spacial score (nSPS) is 29.0. The van der Waals surface area contributed by atoms with Crippen molar-refractivity contribution in [3.05, 3.63) is 0 Å². The lowest BCUT2D eigenvalue weighted by atomic mass is 9.79. The Morgan fingerprint density at radius 1 is 0.952 bits per heavy atom. The van der Waals surface area contributed by atoms with Crippen molar-refractivity contribution in [3.63, 3.8) is 0 Å². The molecule has 1 heterocycles. The van der Waals surface area contributed by atoms with Crippen LogP contribution in [0.2, 0.25) is 0 Å². The minimum Gasteiger partial charge on any atom is -0.312 e. The summed E-state index contributed by atoms with van der Waals surface area (Å²) < 4.78 is 0. The van der Waals surface area contributed by atoms with E-state index in [1.54, 1.807) is 0 Å². The third kappa shape index (κ3) is 3.47. The fourth-order valence-corrected chi connectivity index (χ4v) is 5.53. The molecule has 0 aromatic rings. The molecule has 0 radical (unpaired) electrons. The zero-order valence-corrected chi connectivity index (χ0v) is 14.2. The number of nitrogens with zero attached hydrogens (tertiary/aromatic N) is 1. The lowest BCUT2D eigenvalue weighted by Crippen LogP contribution is -2.61. The van der Waals surface area contributed by atoms with E-state index in [9.17, 15) is 0 Å². The molecule has 3 rings (SSSR count). The van der Waals surface area contributed by atoms with E-state index in [1.165, 1.54) is 90.1 Å². The molecule has 0 bridgehead atoms. The van der Waals surface area contributed by atoms with Crippen molar-refractivity contribution in [2.24, 2.45) is 5.92 Å². The van der Waals surface area contributed by atoms with Crippen LogP contribution in [0, 0.1) is 5.92 Å². The molecule has 0 amide bonds. The van der Waals surface area contributed by atoms with E-state index < -0.39 is 0 Å². The highest BCUT2D eigenvalue weighted by Crippen LogP contribution is 2.43. The summed E-state index contributed by atoms with van der Waals surface area (Å²) in [6.07, 6.45) is 17.6. The second kappa shape index (κ2) is 7.46. The number of hydrogen-bond donors (Lipinski definition) is 1. The minimum absolute atomic E-state index is 0.513. The van der Waals surface area contributed by atoms with Gasteiger partial charge in [-0.25, -0.2) is 0 Å². The largest absolute Gasteiger partial charge is 0.312 e. The van der Waals surface area contributed by atoms with Crippen LogP contribution in [0.5, 0.6) is 0 Å². The average molecular weight is 293 g/mol. The zero-order valence-electron chi connectivity index (χ0n) is 14.2. The van der Waals surface area contributed by atoms with Gasteiger partial charge in [0.15, 0.2) is 0 Å². The molecule has 0 spiro atoms. The van der Waals surface area contributed by atoms with Crippen LogP contribution >= 0.6 is 0 Å². The van der Waals surface area contributed by atoms with Crippen LogP contribution in [0.3, 0.4) is 0 Å². The monoisotopic (exact) mass is 292 g/mol. The quantitative estimate of drug-likeness (QED) is 0.783. The molecule has 1 atom stereocenters. The van der Waals surface area contributed by atoms with Crippen molar-refractivity contribution in [2.75, 3.05) is 19.6 Å². The second-order valence-corrected chi connectivity index (χ2v) is 7.85. The molecule has 3 fully saturated rings. The smallest absolute Gasteiger partial charge is 0.0362 e. The Kier molecular flexibility index (Phi) is 5.61. The summed E-state index contributed by atoms with van der Waals surface area (Å²) in [4.78, 5) is 2.92. The SMILES string of the molecule is CCNC(CC1CCCC1)C1(N2CCCCC2)CCCC1. The second-order valence-electron chi connectivity index (χ2n) is 7.85. The predicted octanol–water partition coefficient (Wildman–Crippen LogP) is 4.34. The Hall–Kier alpha value is -0.0800. The zero-order chi connectivity index (χ0) is 14.5. The summed E-state index contributed by atoms with van der Waals surface area (Å²) in [5.41, 5.74) is 0.513. The van der Waals surface area contributed by atoms with E-state index in [1.807, 2.05) is 0 Å². The molecular weight excluding hydrogens is 256 g/mol. The van der Waals surface area contributed by atoms with Gasteiger partial charge in [-0.05, 0) is 57.7 Å². The van der Waals surface area contributed by atoms with Gasteiger partial charge in [0, 0.05) is 11.6 Å². The van der Waals surface area contributed by atoms with E-state index >= 15 is 0 Å². The van der Waals surface area contributed by atoms with Crippen molar-refractivity contribution >= 4 is 0 Å². The molecule has 2 nitrogen and oxygen atoms in total. The maximum atomic E-state index is 3.95. The average Bonchev–Trinajstić information content (AvgIpc) is 3.20. The molecular formula is C19H36N2. The first kappa shape index (κ1) is 15.8. The highest BCUT2D eigenvalue weighted by Gasteiger charge is 2.46. The third-order valence-electron chi connectivity index (χ3n) is 6.60. The molecule has 0 aromatic carbocycles.